The fourth-order valence-corrected chi connectivity index (χ4v) is 1.88. The van der Waals surface area contributed by atoms with Gasteiger partial charge in [-0.25, -0.2) is 4.39 Å². The minimum absolute atomic E-state index is 0.240. The van der Waals surface area contributed by atoms with Crippen molar-refractivity contribution in [2.45, 2.75) is 6.92 Å². The van der Waals surface area contributed by atoms with Crippen molar-refractivity contribution < 1.29 is 13.9 Å². The number of aryl methyl sites for hydroxylation is 1. The van der Waals surface area contributed by atoms with Crippen LogP contribution in [0.2, 0.25) is 0 Å². The van der Waals surface area contributed by atoms with E-state index >= 15 is 0 Å². The second-order valence-corrected chi connectivity index (χ2v) is 4.38. The Morgan fingerprint density at radius 3 is 2.30 bits per heavy atom. The Balaban J connectivity index is 2.35. The Labute approximate surface area is 117 Å². The maximum Gasteiger partial charge on any atom is 0.162 e. The lowest BCUT2D eigenvalue weighted by Crippen LogP contribution is -2.00. The third kappa shape index (κ3) is 2.77. The first kappa shape index (κ1) is 14.0. The van der Waals surface area contributed by atoms with Crippen molar-refractivity contribution in [1.82, 2.24) is 0 Å². The third-order valence-electron chi connectivity index (χ3n) is 2.99. The first-order valence-corrected chi connectivity index (χ1v) is 6.10. The van der Waals surface area contributed by atoms with Crippen molar-refractivity contribution in [3.05, 3.63) is 41.7 Å². The Hall–Kier alpha value is -2.43. The van der Waals surface area contributed by atoms with E-state index in [2.05, 4.69) is 5.32 Å². The lowest BCUT2D eigenvalue weighted by Gasteiger charge is -2.14. The average molecular weight is 276 g/mol. The maximum atomic E-state index is 13.2. The number of benzene rings is 2. The number of hydrogen-bond acceptors (Lipinski definition) is 4. The van der Waals surface area contributed by atoms with Crippen LogP contribution >= 0.6 is 0 Å². The van der Waals surface area contributed by atoms with Crippen molar-refractivity contribution in [2.75, 3.05) is 25.3 Å². The molecule has 0 aliphatic carbocycles. The van der Waals surface area contributed by atoms with Crippen molar-refractivity contribution in [2.24, 2.45) is 0 Å². The second kappa shape index (κ2) is 5.69. The molecule has 5 heteroatoms. The van der Waals surface area contributed by atoms with Crippen LogP contribution < -0.4 is 20.5 Å². The number of anilines is 3. The van der Waals surface area contributed by atoms with Crippen LogP contribution in [-0.2, 0) is 0 Å². The molecule has 0 aliphatic heterocycles. The Morgan fingerprint density at radius 2 is 1.70 bits per heavy atom. The zero-order valence-electron chi connectivity index (χ0n) is 11.7. The molecule has 106 valence electrons. The van der Waals surface area contributed by atoms with Crippen molar-refractivity contribution in [1.29, 1.82) is 0 Å². The molecule has 0 aromatic heterocycles. The van der Waals surface area contributed by atoms with E-state index in [1.165, 1.54) is 6.07 Å². The summed E-state index contributed by atoms with van der Waals surface area (Å²) in [4.78, 5) is 0. The fraction of sp³-hybridized carbons (Fsp3) is 0.200. The number of rotatable bonds is 4. The molecule has 0 radical (unpaired) electrons. The van der Waals surface area contributed by atoms with Crippen LogP contribution in [0.25, 0.3) is 0 Å². The highest BCUT2D eigenvalue weighted by Gasteiger charge is 2.09. The predicted molar refractivity (Wildman–Crippen MR) is 78.4 cm³/mol. The number of nitrogens with two attached hydrogens (primary N) is 1. The van der Waals surface area contributed by atoms with Crippen LogP contribution in [-0.4, -0.2) is 14.2 Å². The van der Waals surface area contributed by atoms with E-state index in [9.17, 15) is 4.39 Å². The molecule has 20 heavy (non-hydrogen) atoms. The van der Waals surface area contributed by atoms with Crippen molar-refractivity contribution >= 4 is 17.1 Å². The van der Waals surface area contributed by atoms with Gasteiger partial charge in [-0.15, -0.1) is 0 Å². The van der Waals surface area contributed by atoms with Gasteiger partial charge in [-0.1, -0.05) is 0 Å². The van der Waals surface area contributed by atoms with Gasteiger partial charge in [0.2, 0.25) is 0 Å². The number of nitrogens with one attached hydrogen (secondary N) is 1. The summed E-state index contributed by atoms with van der Waals surface area (Å²) < 4.78 is 23.7. The number of nitrogen functional groups attached to an aromatic ring is 1. The highest BCUT2D eigenvalue weighted by molar-refractivity contribution is 5.76. The Kier molecular flexibility index (Phi) is 3.98. The normalized spacial score (nSPS) is 10.2. The van der Waals surface area contributed by atoms with E-state index in [-0.39, 0.29) is 5.82 Å². The van der Waals surface area contributed by atoms with Crippen LogP contribution in [0.15, 0.2) is 30.3 Å². The smallest absolute Gasteiger partial charge is 0.162 e. The van der Waals surface area contributed by atoms with Crippen LogP contribution in [0.4, 0.5) is 21.5 Å². The average Bonchev–Trinajstić information content (AvgIpc) is 2.44. The number of methoxy groups -OCH3 is 2. The topological polar surface area (TPSA) is 56.5 Å². The molecule has 0 spiro atoms. The molecule has 2 aromatic rings. The van der Waals surface area contributed by atoms with E-state index in [4.69, 9.17) is 15.2 Å². The van der Waals surface area contributed by atoms with Gasteiger partial charge < -0.3 is 20.5 Å². The number of halogens is 1. The van der Waals surface area contributed by atoms with Gasteiger partial charge >= 0.3 is 0 Å². The van der Waals surface area contributed by atoms with Gasteiger partial charge in [0, 0.05) is 17.8 Å². The molecule has 0 bridgehead atoms. The third-order valence-corrected chi connectivity index (χ3v) is 2.99. The molecule has 0 heterocycles. The van der Waals surface area contributed by atoms with Gasteiger partial charge in [0.25, 0.3) is 0 Å². The summed E-state index contributed by atoms with van der Waals surface area (Å²) in [7, 11) is 3.10. The summed E-state index contributed by atoms with van der Waals surface area (Å²) in [5.74, 6) is 0.893. The van der Waals surface area contributed by atoms with Crippen LogP contribution in [0.1, 0.15) is 5.56 Å². The van der Waals surface area contributed by atoms with Gasteiger partial charge in [0.05, 0.1) is 25.6 Å². The van der Waals surface area contributed by atoms with Crippen LogP contribution in [0.5, 0.6) is 11.5 Å². The van der Waals surface area contributed by atoms with Crippen LogP contribution in [0.3, 0.4) is 0 Å². The van der Waals surface area contributed by atoms with E-state index in [0.717, 1.165) is 5.69 Å². The summed E-state index contributed by atoms with van der Waals surface area (Å²) >= 11 is 0. The largest absolute Gasteiger partial charge is 0.493 e. The zero-order chi connectivity index (χ0) is 14.7. The molecular formula is C15H17FN2O2. The molecular weight excluding hydrogens is 259 g/mol. The minimum atomic E-state index is -0.240. The Bertz CT molecular complexity index is 630. The maximum absolute atomic E-state index is 13.2. The molecule has 4 nitrogen and oxygen atoms in total. The lowest BCUT2D eigenvalue weighted by atomic mass is 10.2. The quantitative estimate of drug-likeness (QED) is 0.839. The highest BCUT2D eigenvalue weighted by atomic mass is 19.1. The fourth-order valence-electron chi connectivity index (χ4n) is 1.88. The number of hydrogen-bond donors (Lipinski definition) is 2. The van der Waals surface area contributed by atoms with E-state index in [0.29, 0.717) is 28.4 Å². The summed E-state index contributed by atoms with van der Waals surface area (Å²) in [6.07, 6.45) is 0. The molecule has 0 unspecified atom stereocenters. The number of ether oxygens (including phenoxy) is 2. The molecule has 2 aromatic carbocycles. The summed E-state index contributed by atoms with van der Waals surface area (Å²) in [5, 5.41) is 3.14. The first-order valence-electron chi connectivity index (χ1n) is 6.10. The monoisotopic (exact) mass is 276 g/mol. The van der Waals surface area contributed by atoms with Crippen molar-refractivity contribution in [3.8, 4) is 11.5 Å². The van der Waals surface area contributed by atoms with E-state index in [1.54, 1.807) is 45.4 Å². The molecule has 0 saturated heterocycles. The second-order valence-electron chi connectivity index (χ2n) is 4.38. The molecule has 2 rings (SSSR count). The molecule has 3 N–H and O–H groups in total. The lowest BCUT2D eigenvalue weighted by molar-refractivity contribution is 0.355. The Morgan fingerprint density at radius 1 is 1.05 bits per heavy atom. The highest BCUT2D eigenvalue weighted by Crippen LogP contribution is 2.36. The first-order chi connectivity index (χ1) is 9.55. The summed E-state index contributed by atoms with van der Waals surface area (Å²) in [6, 6.07) is 8.20. The predicted octanol–water partition coefficient (Wildman–Crippen LogP) is 3.48. The SMILES string of the molecule is COc1cc(N)c(Nc2ccc(F)c(C)c2)cc1OC. The minimum Gasteiger partial charge on any atom is -0.493 e. The molecule has 0 atom stereocenters. The van der Waals surface area contributed by atoms with Crippen LogP contribution in [0, 0.1) is 12.7 Å². The van der Waals surface area contributed by atoms with Gasteiger partial charge in [0.15, 0.2) is 11.5 Å². The van der Waals surface area contributed by atoms with Gasteiger partial charge in [-0.2, -0.15) is 0 Å². The van der Waals surface area contributed by atoms with E-state index in [1.807, 2.05) is 0 Å². The summed E-state index contributed by atoms with van der Waals surface area (Å²) in [6.45, 7) is 1.71. The molecule has 0 aliphatic rings. The summed E-state index contributed by atoms with van der Waals surface area (Å²) in [5.41, 5.74) is 8.47. The molecule has 0 fully saturated rings. The van der Waals surface area contributed by atoms with Gasteiger partial charge in [0.1, 0.15) is 5.82 Å². The zero-order valence-corrected chi connectivity index (χ0v) is 11.7. The molecule has 0 amide bonds. The van der Waals surface area contributed by atoms with E-state index < -0.39 is 0 Å². The molecule has 0 saturated carbocycles. The van der Waals surface area contributed by atoms with Crippen molar-refractivity contribution in [3.63, 3.8) is 0 Å². The van der Waals surface area contributed by atoms with Gasteiger partial charge in [-0.3, -0.25) is 0 Å². The standard InChI is InChI=1S/C15H17FN2O2/c1-9-6-10(4-5-11(9)16)18-13-8-15(20-3)14(19-2)7-12(13)17/h4-8,18H,17H2,1-3H3. The van der Waals surface area contributed by atoms with Gasteiger partial charge in [-0.05, 0) is 30.7 Å².